The average molecular weight is 866 g/mol. The van der Waals surface area contributed by atoms with Crippen molar-refractivity contribution in [2.75, 3.05) is 34.4 Å². The van der Waals surface area contributed by atoms with Gasteiger partial charge in [0.2, 0.25) is 11.8 Å². The van der Waals surface area contributed by atoms with Crippen molar-refractivity contribution >= 4 is 46.4 Å². The number of carbonyl (C=O) groups is 4. The highest BCUT2D eigenvalue weighted by molar-refractivity contribution is 6.04. The molecule has 64 heavy (non-hydrogen) atoms. The van der Waals surface area contributed by atoms with Gasteiger partial charge in [-0.1, -0.05) is 70.2 Å². The minimum atomic E-state index is -0.411. The highest BCUT2D eigenvalue weighted by Crippen LogP contribution is 2.57. The molecular formula is C53H63N5O6. The van der Waals surface area contributed by atoms with Crippen LogP contribution < -0.4 is 0 Å². The largest absolute Gasteiger partial charge is 0.469 e. The Kier molecular flexibility index (Phi) is 12.2. The smallest absolute Gasteiger partial charge is 0.306 e. The standard InChI is InChI=1S/C53H63N5O6/c1-30(2)39(27-48(59)63-6)52(61)57-22-8-10-44(57)42-26-36(29-54-42)32-12-14-33(15-13-32)37-17-18-38(51-47-21-20-46(50(37)51)56(47)5)34-16-19-41-35(24-34)25-43(55-41)45-11-9-23-58(45)53(62)40(31(3)4)28-49(60)64-7/h12-19,24,29-31,39-40,44-47H,8-11,20-23,25-28H2,1-7H3/t39-,40-,44-,45-,46?,47?/m0/s1. The number of carbonyl (C=O) groups excluding carboxylic acids is 4. The number of fused-ring (bicyclic) bond motifs is 6. The fourth-order valence-corrected chi connectivity index (χ4v) is 11.7. The van der Waals surface area contributed by atoms with Crippen molar-refractivity contribution in [1.29, 1.82) is 0 Å². The van der Waals surface area contributed by atoms with Crippen LogP contribution in [0.2, 0.25) is 0 Å². The van der Waals surface area contributed by atoms with Crippen LogP contribution in [0, 0.1) is 23.7 Å². The quantitative estimate of drug-likeness (QED) is 0.157. The number of ether oxygens (including phenoxy) is 2. The number of hydrogen-bond acceptors (Lipinski definition) is 9. The first kappa shape index (κ1) is 43.8. The zero-order valence-electron chi connectivity index (χ0n) is 38.6. The topological polar surface area (TPSA) is 121 Å². The van der Waals surface area contributed by atoms with Gasteiger partial charge < -0.3 is 19.3 Å². The number of amides is 2. The van der Waals surface area contributed by atoms with E-state index < -0.39 is 11.8 Å². The van der Waals surface area contributed by atoms with E-state index in [2.05, 4.69) is 66.5 Å². The number of methoxy groups -OCH3 is 2. The Balaban J connectivity index is 0.912. The van der Waals surface area contributed by atoms with E-state index in [4.69, 9.17) is 19.5 Å². The summed E-state index contributed by atoms with van der Waals surface area (Å²) in [6.07, 6.45) is 9.49. The van der Waals surface area contributed by atoms with Crippen LogP contribution in [-0.4, -0.2) is 96.3 Å². The minimum absolute atomic E-state index is 0.0244. The molecule has 0 saturated carbocycles. The Hall–Kier alpha value is -5.42. The van der Waals surface area contributed by atoms with Crippen molar-refractivity contribution in [3.63, 3.8) is 0 Å². The lowest BCUT2D eigenvalue weighted by molar-refractivity contribution is -0.148. The molecule has 0 aromatic heterocycles. The fourth-order valence-electron chi connectivity index (χ4n) is 11.7. The van der Waals surface area contributed by atoms with Crippen molar-refractivity contribution in [2.24, 2.45) is 33.7 Å². The van der Waals surface area contributed by atoms with Gasteiger partial charge in [0, 0.05) is 55.6 Å². The zero-order chi connectivity index (χ0) is 45.0. The van der Waals surface area contributed by atoms with Crippen molar-refractivity contribution in [3.8, 4) is 22.3 Å². The lowest BCUT2D eigenvalue weighted by Gasteiger charge is -2.30. The normalized spacial score (nSPS) is 23.3. The van der Waals surface area contributed by atoms with E-state index in [0.717, 1.165) is 73.2 Å². The van der Waals surface area contributed by atoms with Crippen molar-refractivity contribution < 1.29 is 28.7 Å². The molecule has 3 aromatic carbocycles. The van der Waals surface area contributed by atoms with Crippen molar-refractivity contribution in [3.05, 3.63) is 83.1 Å². The second kappa shape index (κ2) is 17.9. The maximum absolute atomic E-state index is 13.9. The van der Waals surface area contributed by atoms with Gasteiger partial charge in [-0.3, -0.25) is 34.1 Å². The van der Waals surface area contributed by atoms with Gasteiger partial charge in [-0.15, -0.1) is 0 Å². The van der Waals surface area contributed by atoms with E-state index in [1.165, 1.54) is 53.2 Å². The number of benzene rings is 3. The number of rotatable bonds is 13. The van der Waals surface area contributed by atoms with Gasteiger partial charge >= 0.3 is 11.9 Å². The summed E-state index contributed by atoms with van der Waals surface area (Å²) in [4.78, 5) is 68.6. The average Bonchev–Trinajstić information content (AvgIpc) is 4.17. The maximum Gasteiger partial charge on any atom is 0.306 e. The summed E-state index contributed by atoms with van der Waals surface area (Å²) in [7, 11) is 5.03. The molecule has 6 atom stereocenters. The molecule has 11 heteroatoms. The molecule has 2 bridgehead atoms. The first-order valence-electron chi connectivity index (χ1n) is 23.6. The highest BCUT2D eigenvalue weighted by Gasteiger charge is 2.45. The number of hydrogen-bond donors (Lipinski definition) is 0. The molecular weight excluding hydrogens is 803 g/mol. The summed E-state index contributed by atoms with van der Waals surface area (Å²) in [5.74, 6) is -1.41. The van der Waals surface area contributed by atoms with Gasteiger partial charge in [-0.25, -0.2) is 0 Å². The molecule has 2 unspecified atom stereocenters. The number of likely N-dealkylation sites (tertiary alicyclic amines) is 2. The molecule has 0 radical (unpaired) electrons. The van der Waals surface area contributed by atoms with Gasteiger partial charge in [-0.05, 0) is 120 Å². The number of nitrogens with zero attached hydrogens (tertiary/aromatic N) is 5. The van der Waals surface area contributed by atoms with Gasteiger partial charge in [0.05, 0.1) is 56.7 Å². The lowest BCUT2D eigenvalue weighted by Crippen LogP contribution is -2.45. The van der Waals surface area contributed by atoms with Crippen LogP contribution in [0.4, 0.5) is 5.69 Å². The molecule has 2 amide bonds. The molecule has 6 aliphatic heterocycles. The highest BCUT2D eigenvalue weighted by atomic mass is 16.5. The summed E-state index contributed by atoms with van der Waals surface area (Å²) in [5.41, 5.74) is 14.4. The Morgan fingerprint density at radius 1 is 0.641 bits per heavy atom. The summed E-state index contributed by atoms with van der Waals surface area (Å²) >= 11 is 0. The SMILES string of the molecule is COC(=O)C[C@H](C(=O)N1CCC[C@H]1C1=NC=C(c2ccc(-c3ccc(-c4ccc5c(c4)CC([C@@H]4CCCN4C(=O)[C@@H](CC(=O)OC)C(C)C)=N5)c4c3C3CCC4N3C)cc2)C1)C(C)C. The van der Waals surface area contributed by atoms with Crippen LogP contribution in [0.1, 0.15) is 120 Å². The minimum Gasteiger partial charge on any atom is -0.469 e. The van der Waals surface area contributed by atoms with E-state index in [1.807, 2.05) is 43.7 Å². The third kappa shape index (κ3) is 7.92. The molecule has 0 N–H and O–H groups in total. The number of aliphatic imine (C=N–C) groups is 2. The second-order valence-electron chi connectivity index (χ2n) is 19.6. The zero-order valence-corrected chi connectivity index (χ0v) is 38.6. The monoisotopic (exact) mass is 865 g/mol. The first-order valence-corrected chi connectivity index (χ1v) is 23.6. The van der Waals surface area contributed by atoms with Crippen LogP contribution in [0.25, 0.3) is 27.8 Å². The Bertz CT molecular complexity index is 2450. The molecule has 3 saturated heterocycles. The van der Waals surface area contributed by atoms with Crippen molar-refractivity contribution in [2.45, 2.75) is 116 Å². The van der Waals surface area contributed by atoms with Crippen LogP contribution in [0.5, 0.6) is 0 Å². The molecule has 11 nitrogen and oxygen atoms in total. The third-order valence-corrected chi connectivity index (χ3v) is 15.3. The summed E-state index contributed by atoms with van der Waals surface area (Å²) in [6, 6.07) is 20.9. The molecule has 3 aromatic rings. The van der Waals surface area contributed by atoms with Gasteiger partial charge in [0.25, 0.3) is 0 Å². The molecule has 6 heterocycles. The maximum atomic E-state index is 13.9. The predicted octanol–water partition coefficient (Wildman–Crippen LogP) is 9.31. The van der Waals surface area contributed by atoms with Crippen LogP contribution >= 0.6 is 0 Å². The molecule has 9 rings (SSSR count). The van der Waals surface area contributed by atoms with E-state index in [9.17, 15) is 19.2 Å². The van der Waals surface area contributed by atoms with E-state index in [0.29, 0.717) is 31.6 Å². The molecule has 3 fully saturated rings. The van der Waals surface area contributed by atoms with E-state index in [-0.39, 0.29) is 60.5 Å². The predicted molar refractivity (Wildman–Crippen MR) is 250 cm³/mol. The Labute approximate surface area is 378 Å². The van der Waals surface area contributed by atoms with E-state index in [1.54, 1.807) is 0 Å². The van der Waals surface area contributed by atoms with Gasteiger partial charge in [-0.2, -0.15) is 0 Å². The molecule has 0 aliphatic carbocycles. The Morgan fingerprint density at radius 2 is 1.16 bits per heavy atom. The van der Waals surface area contributed by atoms with E-state index >= 15 is 0 Å². The molecule has 336 valence electrons. The second-order valence-corrected chi connectivity index (χ2v) is 19.6. The van der Waals surface area contributed by atoms with Gasteiger partial charge in [0.1, 0.15) is 0 Å². The Morgan fingerprint density at radius 3 is 1.70 bits per heavy atom. The van der Waals surface area contributed by atoms with Crippen LogP contribution in [0.15, 0.2) is 70.8 Å². The van der Waals surface area contributed by atoms with Gasteiger partial charge in [0.15, 0.2) is 0 Å². The number of esters is 2. The summed E-state index contributed by atoms with van der Waals surface area (Å²) in [6.45, 7) is 9.36. The summed E-state index contributed by atoms with van der Waals surface area (Å²) < 4.78 is 9.87. The summed E-state index contributed by atoms with van der Waals surface area (Å²) in [5, 5.41) is 0. The van der Waals surface area contributed by atoms with Crippen LogP contribution in [-0.2, 0) is 35.1 Å². The third-order valence-electron chi connectivity index (χ3n) is 15.3. The lowest BCUT2D eigenvalue weighted by atomic mass is 9.81. The molecule has 0 spiro atoms. The first-order chi connectivity index (χ1) is 30.9. The fraction of sp³-hybridized carbons (Fsp3) is 0.509. The molecule has 6 aliphatic rings. The van der Waals surface area contributed by atoms with Crippen LogP contribution in [0.3, 0.4) is 0 Å². The van der Waals surface area contributed by atoms with Crippen molar-refractivity contribution in [1.82, 2.24) is 14.7 Å². The number of allylic oxidation sites excluding steroid dienone is 1.